The molecule has 9 aliphatic rings. The van der Waals surface area contributed by atoms with Gasteiger partial charge in [-0.15, -0.1) is 70.6 Å². The molecule has 12 atom stereocenters. The van der Waals surface area contributed by atoms with Crippen molar-refractivity contribution in [3.8, 4) is 0 Å². The average molecular weight is 625 g/mol. The zero-order valence-corrected chi connectivity index (χ0v) is 27.1. The van der Waals surface area contributed by atoms with Crippen molar-refractivity contribution in [1.29, 1.82) is 0 Å². The van der Waals surface area contributed by atoms with Gasteiger partial charge in [0.05, 0.1) is 0 Å². The van der Waals surface area contributed by atoms with Crippen LogP contribution in [0, 0.1) is 35.5 Å². The molecule has 204 valence electrons. The van der Waals surface area contributed by atoms with Gasteiger partial charge in [-0.1, -0.05) is 0 Å². The average Bonchev–Trinajstić information content (AvgIpc) is 3.76. The van der Waals surface area contributed by atoms with Gasteiger partial charge < -0.3 is 0 Å². The smallest absolute Gasteiger partial charge is 0.0413 e. The first-order valence-corrected chi connectivity index (χ1v) is 20.8. The molecule has 3 aliphatic heterocycles. The number of thioether (sulfide) groups is 6. The first-order chi connectivity index (χ1) is 19.2. The van der Waals surface area contributed by atoms with Gasteiger partial charge in [0.1, 0.15) is 0 Å². The molecule has 6 bridgehead atoms. The van der Waals surface area contributed by atoms with E-state index in [0.717, 1.165) is 67.0 Å². The maximum atomic E-state index is 2.56. The lowest BCUT2D eigenvalue weighted by atomic mass is 10.00. The monoisotopic (exact) mass is 624 g/mol. The van der Waals surface area contributed by atoms with Crippen molar-refractivity contribution in [2.24, 2.45) is 35.5 Å². The van der Waals surface area contributed by atoms with E-state index in [9.17, 15) is 0 Å². The fourth-order valence-corrected chi connectivity index (χ4v) is 21.3. The summed E-state index contributed by atoms with van der Waals surface area (Å²) in [6.07, 6.45) is 21.2. The van der Waals surface area contributed by atoms with Gasteiger partial charge in [-0.3, -0.25) is 0 Å². The number of benzene rings is 1. The third-order valence-electron chi connectivity index (χ3n) is 11.7. The summed E-state index contributed by atoms with van der Waals surface area (Å²) < 4.78 is 4.78. The van der Waals surface area contributed by atoms with Crippen LogP contribution in [0.2, 0.25) is 0 Å². The minimum atomic E-state index is 0.897. The fourth-order valence-electron chi connectivity index (χ4n) is 9.99. The van der Waals surface area contributed by atoms with Crippen LogP contribution in [0.3, 0.4) is 0 Å². The molecule has 0 amide bonds. The van der Waals surface area contributed by atoms with Gasteiger partial charge in [0, 0.05) is 44.2 Å². The Labute approximate surface area is 259 Å². The molecule has 0 aromatic heterocycles. The van der Waals surface area contributed by atoms with Gasteiger partial charge in [-0.05, 0) is 146 Å². The van der Waals surface area contributed by atoms with Crippen LogP contribution in [0.4, 0.5) is 0 Å². The summed E-state index contributed by atoms with van der Waals surface area (Å²) in [5.74, 6) is 5.98. The lowest BCUT2D eigenvalue weighted by Gasteiger charge is -2.21. The summed E-state index contributed by atoms with van der Waals surface area (Å²) in [6, 6.07) is 7.50. The first kappa shape index (κ1) is 24.9. The molecule has 1 aromatic carbocycles. The van der Waals surface area contributed by atoms with Crippen molar-refractivity contribution >= 4 is 88.8 Å². The highest BCUT2D eigenvalue weighted by atomic mass is 32.2. The van der Waals surface area contributed by atoms with Gasteiger partial charge in [0.25, 0.3) is 0 Å². The standard InChI is InChI=1S/C33H36S6/c1-2-20-13-19(1)28-29(20)35-25(34-28)10-16-7-17(11-26-36-30-21-3-4-22(14-21)31(30)37-26)9-18(8-16)12-27-38-32-23-5-6-24(15-23)33(32)39-27/h7-12,19-24,28-33H,1-6,13-15H2. The normalized spacial score (nSPS) is 47.8. The molecule has 0 spiro atoms. The van der Waals surface area contributed by atoms with E-state index in [-0.39, 0.29) is 0 Å². The van der Waals surface area contributed by atoms with E-state index >= 15 is 0 Å². The van der Waals surface area contributed by atoms with E-state index in [4.69, 9.17) is 0 Å². The lowest BCUT2D eigenvalue weighted by molar-refractivity contribution is 0.508. The fraction of sp³-hybridized carbons (Fsp3) is 0.636. The largest absolute Gasteiger partial charge is 0.114 e. The second kappa shape index (κ2) is 9.52. The van der Waals surface area contributed by atoms with Crippen molar-refractivity contribution < 1.29 is 0 Å². The van der Waals surface area contributed by atoms with Crippen LogP contribution in [0.5, 0.6) is 0 Å². The molecule has 9 fully saturated rings. The Morgan fingerprint density at radius 3 is 0.846 bits per heavy atom. The molecular weight excluding hydrogens is 589 g/mol. The van der Waals surface area contributed by atoms with Crippen molar-refractivity contribution in [3.63, 3.8) is 0 Å². The minimum Gasteiger partial charge on any atom is -0.114 e. The Morgan fingerprint density at radius 2 is 0.615 bits per heavy atom. The van der Waals surface area contributed by atoms with Crippen LogP contribution in [-0.4, -0.2) is 31.5 Å². The van der Waals surface area contributed by atoms with Crippen LogP contribution >= 0.6 is 70.6 Å². The van der Waals surface area contributed by atoms with Gasteiger partial charge in [0.2, 0.25) is 0 Å². The number of fused-ring (bicyclic) bond motifs is 15. The molecule has 6 aliphatic carbocycles. The molecule has 10 rings (SSSR count). The highest BCUT2D eigenvalue weighted by Crippen LogP contribution is 2.65. The quantitative estimate of drug-likeness (QED) is 0.326. The third kappa shape index (κ3) is 4.14. The summed E-state index contributed by atoms with van der Waals surface area (Å²) in [6.45, 7) is 0. The Hall–Kier alpha value is 0.540. The van der Waals surface area contributed by atoms with Gasteiger partial charge in [0.15, 0.2) is 0 Å². The van der Waals surface area contributed by atoms with E-state index in [1.807, 2.05) is 0 Å². The van der Waals surface area contributed by atoms with E-state index in [1.54, 1.807) is 12.7 Å². The molecule has 6 saturated carbocycles. The Balaban J connectivity index is 0.968. The molecule has 39 heavy (non-hydrogen) atoms. The van der Waals surface area contributed by atoms with Crippen LogP contribution in [0.15, 0.2) is 30.9 Å². The molecular formula is C33H36S6. The Kier molecular flexibility index (Phi) is 6.08. The van der Waals surface area contributed by atoms with Crippen molar-refractivity contribution in [2.75, 3.05) is 0 Å². The van der Waals surface area contributed by atoms with Crippen LogP contribution in [0.25, 0.3) is 18.2 Å². The third-order valence-corrected chi connectivity index (χ3v) is 21.7. The molecule has 6 heteroatoms. The maximum Gasteiger partial charge on any atom is 0.0413 e. The predicted octanol–water partition coefficient (Wildman–Crippen LogP) is 10.5. The van der Waals surface area contributed by atoms with Crippen LogP contribution < -0.4 is 0 Å². The van der Waals surface area contributed by atoms with Crippen LogP contribution in [0.1, 0.15) is 74.5 Å². The highest BCUT2D eigenvalue weighted by molar-refractivity contribution is 8.27. The Morgan fingerprint density at radius 1 is 0.385 bits per heavy atom. The van der Waals surface area contributed by atoms with Gasteiger partial charge in [-0.25, -0.2) is 0 Å². The number of rotatable bonds is 3. The molecule has 3 heterocycles. The van der Waals surface area contributed by atoms with Gasteiger partial charge >= 0.3 is 0 Å². The lowest BCUT2D eigenvalue weighted by Crippen LogP contribution is -2.22. The SMILES string of the molecule is C(=C1SC2C3CCC(C3)C2S1)c1cc(C=C2SC3C4CCC(C4)C3S2)cc(C=C2SC3C4CCC(C4)C3S2)c1. The topological polar surface area (TPSA) is 0 Å². The van der Waals surface area contributed by atoms with Crippen LogP contribution in [-0.2, 0) is 0 Å². The summed E-state index contributed by atoms with van der Waals surface area (Å²) in [5, 5.41) is 5.38. The van der Waals surface area contributed by atoms with Crippen molar-refractivity contribution in [2.45, 2.75) is 89.3 Å². The summed E-state index contributed by atoms with van der Waals surface area (Å²) in [4.78, 5) is 0. The molecule has 12 unspecified atom stereocenters. The maximum absolute atomic E-state index is 2.56. The van der Waals surface area contributed by atoms with Gasteiger partial charge in [-0.2, -0.15) is 0 Å². The number of hydrogen-bond donors (Lipinski definition) is 0. The molecule has 0 radical (unpaired) electrons. The summed E-state index contributed by atoms with van der Waals surface area (Å²) in [5.41, 5.74) is 4.29. The predicted molar refractivity (Wildman–Crippen MR) is 181 cm³/mol. The number of hydrogen-bond acceptors (Lipinski definition) is 6. The molecule has 3 saturated heterocycles. The van der Waals surface area contributed by atoms with E-state index < -0.39 is 0 Å². The highest BCUT2D eigenvalue weighted by Gasteiger charge is 2.54. The first-order valence-electron chi connectivity index (χ1n) is 15.5. The van der Waals surface area contributed by atoms with Crippen molar-refractivity contribution in [3.05, 3.63) is 47.6 Å². The molecule has 0 nitrogen and oxygen atoms in total. The minimum absolute atomic E-state index is 0.897. The Bertz CT molecular complexity index is 1080. The molecule has 1 aromatic rings. The van der Waals surface area contributed by atoms with E-state index in [2.05, 4.69) is 107 Å². The summed E-state index contributed by atoms with van der Waals surface area (Å²) >= 11 is 13.4. The van der Waals surface area contributed by atoms with E-state index in [0.29, 0.717) is 0 Å². The molecule has 0 N–H and O–H groups in total. The second-order valence-electron chi connectivity index (χ2n) is 13.8. The zero-order valence-electron chi connectivity index (χ0n) is 22.2. The summed E-state index contributed by atoms with van der Waals surface area (Å²) in [7, 11) is 0. The van der Waals surface area contributed by atoms with E-state index in [1.165, 1.54) is 74.5 Å². The zero-order chi connectivity index (χ0) is 25.2. The second-order valence-corrected chi connectivity index (χ2v) is 21.9. The van der Waals surface area contributed by atoms with Crippen molar-refractivity contribution in [1.82, 2.24) is 0 Å².